The van der Waals surface area contributed by atoms with Gasteiger partial charge < -0.3 is 18.8 Å². The summed E-state index contributed by atoms with van der Waals surface area (Å²) in [7, 11) is 1.46. The highest BCUT2D eigenvalue weighted by Gasteiger charge is 2.32. The summed E-state index contributed by atoms with van der Waals surface area (Å²) in [6, 6.07) is 0. The van der Waals surface area contributed by atoms with Gasteiger partial charge in [0, 0.05) is 19.0 Å². The predicted octanol–water partition coefficient (Wildman–Crippen LogP) is 1.57. The molecule has 110 valence electrons. The molecule has 0 bridgehead atoms. The minimum absolute atomic E-state index is 0.105. The number of nitrogens with zero attached hydrogens (tertiary/aromatic N) is 2. The van der Waals surface area contributed by atoms with Crippen LogP contribution in [-0.4, -0.2) is 49.2 Å². The molecule has 2 fully saturated rings. The maximum Gasteiger partial charge on any atom is 0.393 e. The Kier molecular flexibility index (Phi) is 3.91. The van der Waals surface area contributed by atoms with Crippen LogP contribution in [-0.2, 0) is 4.74 Å². The van der Waals surface area contributed by atoms with Crippen LogP contribution in [0.4, 0.5) is 0 Å². The lowest BCUT2D eigenvalue weighted by Crippen LogP contribution is -2.39. The molecule has 1 aliphatic heterocycles. The lowest BCUT2D eigenvalue weighted by Gasteiger charge is -2.34. The molecule has 1 atom stereocenters. The third-order valence-electron chi connectivity index (χ3n) is 4.27. The number of amides is 1. The Morgan fingerprint density at radius 2 is 2.30 bits per heavy atom. The van der Waals surface area contributed by atoms with Crippen LogP contribution in [0.25, 0.3) is 0 Å². The van der Waals surface area contributed by atoms with Gasteiger partial charge in [0.1, 0.15) is 6.26 Å². The van der Waals surface area contributed by atoms with Gasteiger partial charge in [-0.2, -0.15) is 4.98 Å². The molecule has 6 nitrogen and oxygen atoms in total. The van der Waals surface area contributed by atoms with Crippen molar-refractivity contribution in [3.63, 3.8) is 0 Å². The van der Waals surface area contributed by atoms with Crippen molar-refractivity contribution in [3.05, 3.63) is 12.0 Å². The molecule has 1 aromatic rings. The molecule has 1 saturated carbocycles. The SMILES string of the molecule is COc1nc(C(=O)N2CCOCC(C3CCC3)C2)co1. The summed E-state index contributed by atoms with van der Waals surface area (Å²) in [6.07, 6.45) is 5.29. The maximum atomic E-state index is 12.4. The summed E-state index contributed by atoms with van der Waals surface area (Å²) in [5, 5.41) is 0. The fourth-order valence-corrected chi connectivity index (χ4v) is 2.83. The molecule has 20 heavy (non-hydrogen) atoms. The van der Waals surface area contributed by atoms with Crippen molar-refractivity contribution in [2.45, 2.75) is 19.3 Å². The molecule has 0 N–H and O–H groups in total. The molecule has 1 unspecified atom stereocenters. The maximum absolute atomic E-state index is 12.4. The Morgan fingerprint density at radius 1 is 1.45 bits per heavy atom. The normalized spacial score (nSPS) is 24.1. The molecular weight excluding hydrogens is 260 g/mol. The highest BCUT2D eigenvalue weighted by atomic mass is 16.6. The van der Waals surface area contributed by atoms with Crippen molar-refractivity contribution < 1.29 is 18.7 Å². The summed E-state index contributed by atoms with van der Waals surface area (Å²) in [5.74, 6) is 1.05. The molecule has 1 saturated heterocycles. The van der Waals surface area contributed by atoms with Crippen LogP contribution in [0, 0.1) is 11.8 Å². The Morgan fingerprint density at radius 3 is 2.95 bits per heavy atom. The number of hydrogen-bond acceptors (Lipinski definition) is 5. The van der Waals surface area contributed by atoms with Crippen LogP contribution in [0.2, 0.25) is 0 Å². The second-order valence-corrected chi connectivity index (χ2v) is 5.48. The van der Waals surface area contributed by atoms with Crippen LogP contribution < -0.4 is 4.74 Å². The summed E-state index contributed by atoms with van der Waals surface area (Å²) in [5.41, 5.74) is 0.302. The van der Waals surface area contributed by atoms with Crippen LogP contribution >= 0.6 is 0 Å². The minimum Gasteiger partial charge on any atom is -0.454 e. The molecule has 0 spiro atoms. The first-order valence-electron chi connectivity index (χ1n) is 7.14. The third kappa shape index (κ3) is 2.65. The Hall–Kier alpha value is -1.56. The monoisotopic (exact) mass is 280 g/mol. The zero-order valence-electron chi connectivity index (χ0n) is 11.7. The second-order valence-electron chi connectivity index (χ2n) is 5.48. The van der Waals surface area contributed by atoms with E-state index in [-0.39, 0.29) is 12.0 Å². The number of rotatable bonds is 3. The zero-order valence-corrected chi connectivity index (χ0v) is 11.7. The fraction of sp³-hybridized carbons (Fsp3) is 0.714. The molecule has 1 amide bonds. The van der Waals surface area contributed by atoms with Gasteiger partial charge >= 0.3 is 6.08 Å². The second kappa shape index (κ2) is 5.83. The zero-order chi connectivity index (χ0) is 13.9. The third-order valence-corrected chi connectivity index (χ3v) is 4.27. The number of aromatic nitrogens is 1. The van der Waals surface area contributed by atoms with E-state index in [4.69, 9.17) is 13.9 Å². The van der Waals surface area contributed by atoms with Crippen molar-refractivity contribution in [2.75, 3.05) is 33.4 Å². The number of carbonyl (C=O) groups is 1. The van der Waals surface area contributed by atoms with E-state index in [0.29, 0.717) is 30.7 Å². The van der Waals surface area contributed by atoms with Crippen LogP contribution in [0.5, 0.6) is 6.08 Å². The van der Waals surface area contributed by atoms with Crippen LogP contribution in [0.3, 0.4) is 0 Å². The van der Waals surface area contributed by atoms with E-state index in [1.54, 1.807) is 0 Å². The summed E-state index contributed by atoms with van der Waals surface area (Å²) >= 11 is 0. The Bertz CT molecular complexity index is 469. The van der Waals surface area contributed by atoms with Crippen molar-refractivity contribution >= 4 is 5.91 Å². The molecule has 2 heterocycles. The highest BCUT2D eigenvalue weighted by molar-refractivity contribution is 5.92. The van der Waals surface area contributed by atoms with Gasteiger partial charge in [-0.1, -0.05) is 19.3 Å². The van der Waals surface area contributed by atoms with Gasteiger partial charge in [0.05, 0.1) is 20.3 Å². The first-order chi connectivity index (χ1) is 9.78. The standard InChI is InChI=1S/C14H20N2O4/c1-18-14-15-12(9-20-14)13(17)16-5-6-19-8-11(7-16)10-3-2-4-10/h9-11H,2-8H2,1H3. The van der Waals surface area contributed by atoms with E-state index in [0.717, 1.165) is 13.2 Å². The van der Waals surface area contributed by atoms with Crippen molar-refractivity contribution in [1.82, 2.24) is 9.88 Å². The molecular formula is C14H20N2O4. The van der Waals surface area contributed by atoms with Crippen LogP contribution in [0.15, 0.2) is 10.7 Å². The fourth-order valence-electron chi connectivity index (χ4n) is 2.83. The van der Waals surface area contributed by atoms with E-state index < -0.39 is 0 Å². The molecule has 6 heteroatoms. The predicted molar refractivity (Wildman–Crippen MR) is 70.6 cm³/mol. The van der Waals surface area contributed by atoms with Gasteiger partial charge in [0.25, 0.3) is 5.91 Å². The lowest BCUT2D eigenvalue weighted by atomic mass is 9.76. The van der Waals surface area contributed by atoms with E-state index in [2.05, 4.69) is 4.98 Å². The average Bonchev–Trinajstić information content (AvgIpc) is 2.76. The van der Waals surface area contributed by atoms with Gasteiger partial charge in [-0.15, -0.1) is 0 Å². The lowest BCUT2D eigenvalue weighted by molar-refractivity contribution is 0.0682. The van der Waals surface area contributed by atoms with Crippen molar-refractivity contribution in [1.29, 1.82) is 0 Å². The van der Waals surface area contributed by atoms with E-state index in [1.807, 2.05) is 4.90 Å². The van der Waals surface area contributed by atoms with Gasteiger partial charge in [-0.3, -0.25) is 4.79 Å². The first-order valence-corrected chi connectivity index (χ1v) is 7.14. The number of carbonyl (C=O) groups excluding carboxylic acids is 1. The smallest absolute Gasteiger partial charge is 0.393 e. The van der Waals surface area contributed by atoms with Gasteiger partial charge in [0.2, 0.25) is 0 Å². The van der Waals surface area contributed by atoms with E-state index in [1.165, 1.54) is 32.6 Å². The Balaban J connectivity index is 1.68. The number of methoxy groups -OCH3 is 1. The quantitative estimate of drug-likeness (QED) is 0.841. The van der Waals surface area contributed by atoms with E-state index in [9.17, 15) is 4.79 Å². The largest absolute Gasteiger partial charge is 0.454 e. The van der Waals surface area contributed by atoms with E-state index >= 15 is 0 Å². The summed E-state index contributed by atoms with van der Waals surface area (Å²) < 4.78 is 15.6. The molecule has 2 aliphatic rings. The van der Waals surface area contributed by atoms with Gasteiger partial charge in [-0.05, 0) is 5.92 Å². The van der Waals surface area contributed by atoms with Gasteiger partial charge in [-0.25, -0.2) is 0 Å². The number of hydrogen-bond donors (Lipinski definition) is 0. The van der Waals surface area contributed by atoms with Gasteiger partial charge in [0.15, 0.2) is 5.69 Å². The molecule has 0 aromatic carbocycles. The van der Waals surface area contributed by atoms with Crippen molar-refractivity contribution in [2.24, 2.45) is 11.8 Å². The topological polar surface area (TPSA) is 64.8 Å². The molecule has 1 aliphatic carbocycles. The number of ether oxygens (including phenoxy) is 2. The minimum atomic E-state index is -0.105. The number of oxazole rings is 1. The average molecular weight is 280 g/mol. The first kappa shape index (κ1) is 13.4. The summed E-state index contributed by atoms with van der Waals surface area (Å²) in [6.45, 7) is 2.70. The van der Waals surface area contributed by atoms with Crippen molar-refractivity contribution in [3.8, 4) is 6.08 Å². The Labute approximate surface area is 118 Å². The molecule has 1 aromatic heterocycles. The summed E-state index contributed by atoms with van der Waals surface area (Å²) in [4.78, 5) is 18.3. The van der Waals surface area contributed by atoms with Crippen LogP contribution in [0.1, 0.15) is 29.8 Å². The highest BCUT2D eigenvalue weighted by Crippen LogP contribution is 2.34. The molecule has 0 radical (unpaired) electrons. The molecule has 3 rings (SSSR count).